The maximum Gasteiger partial charge on any atom is 0.254 e. The van der Waals surface area contributed by atoms with Gasteiger partial charge in [-0.1, -0.05) is 17.7 Å². The van der Waals surface area contributed by atoms with Gasteiger partial charge in [-0.15, -0.1) is 0 Å². The minimum absolute atomic E-state index is 0.00886. The number of benzene rings is 2. The number of carbonyl (C=O) groups is 1. The summed E-state index contributed by atoms with van der Waals surface area (Å²) in [5.74, 6) is 1.39. The molecule has 24 heavy (non-hydrogen) atoms. The second-order valence-electron chi connectivity index (χ2n) is 5.97. The van der Waals surface area contributed by atoms with Crippen molar-refractivity contribution in [3.05, 3.63) is 58.1 Å². The van der Waals surface area contributed by atoms with Gasteiger partial charge in [-0.05, 0) is 54.8 Å². The van der Waals surface area contributed by atoms with E-state index in [1.165, 1.54) is 5.56 Å². The fraction of sp³-hybridized carbons (Fsp3) is 0.316. The fourth-order valence-electron chi connectivity index (χ4n) is 3.13. The number of fused-ring (bicyclic) bond motifs is 1. The van der Waals surface area contributed by atoms with Crippen LogP contribution in [0.5, 0.6) is 11.5 Å². The first-order valence-electron chi connectivity index (χ1n) is 7.83. The summed E-state index contributed by atoms with van der Waals surface area (Å²) in [4.78, 5) is 14.7. The number of halogens is 1. The second-order valence-corrected chi connectivity index (χ2v) is 6.41. The molecule has 1 amide bonds. The molecule has 4 nitrogen and oxygen atoms in total. The van der Waals surface area contributed by atoms with Crippen LogP contribution in [0.3, 0.4) is 0 Å². The number of hydrogen-bond donors (Lipinski definition) is 0. The Morgan fingerprint density at radius 3 is 2.42 bits per heavy atom. The minimum Gasteiger partial charge on any atom is -0.493 e. The van der Waals surface area contributed by atoms with Crippen LogP contribution in [0.4, 0.5) is 0 Å². The molecule has 3 rings (SSSR count). The summed E-state index contributed by atoms with van der Waals surface area (Å²) >= 11 is 6.02. The van der Waals surface area contributed by atoms with Crippen LogP contribution in [0.15, 0.2) is 36.4 Å². The van der Waals surface area contributed by atoms with E-state index in [0.717, 1.165) is 17.7 Å². The van der Waals surface area contributed by atoms with Gasteiger partial charge < -0.3 is 14.4 Å². The molecule has 0 fully saturated rings. The van der Waals surface area contributed by atoms with Crippen LogP contribution < -0.4 is 9.47 Å². The Kier molecular flexibility index (Phi) is 4.67. The van der Waals surface area contributed by atoms with E-state index < -0.39 is 0 Å². The van der Waals surface area contributed by atoms with E-state index in [4.69, 9.17) is 21.1 Å². The van der Waals surface area contributed by atoms with Crippen LogP contribution in [0.2, 0.25) is 5.02 Å². The van der Waals surface area contributed by atoms with Crippen molar-refractivity contribution in [1.29, 1.82) is 0 Å². The van der Waals surface area contributed by atoms with E-state index in [1.54, 1.807) is 38.5 Å². The monoisotopic (exact) mass is 345 g/mol. The molecule has 2 aromatic rings. The molecule has 0 N–H and O–H groups in total. The summed E-state index contributed by atoms with van der Waals surface area (Å²) in [7, 11) is 3.25. The standard InChI is InChI=1S/C19H20ClNO3/c1-12-7-14-9-17(23-2)18(24-3)10-15(14)11-21(12)19(22)13-5-4-6-16(20)8-13/h4-6,8-10,12H,7,11H2,1-3H3. The molecule has 0 spiro atoms. The lowest BCUT2D eigenvalue weighted by Crippen LogP contribution is -2.42. The van der Waals surface area contributed by atoms with E-state index in [1.807, 2.05) is 17.0 Å². The van der Waals surface area contributed by atoms with Gasteiger partial charge in [-0.2, -0.15) is 0 Å². The molecule has 0 radical (unpaired) electrons. The van der Waals surface area contributed by atoms with Crippen LogP contribution in [-0.2, 0) is 13.0 Å². The fourth-order valence-corrected chi connectivity index (χ4v) is 3.32. The lowest BCUT2D eigenvalue weighted by Gasteiger charge is -2.35. The van der Waals surface area contributed by atoms with Crippen molar-refractivity contribution >= 4 is 17.5 Å². The highest BCUT2D eigenvalue weighted by Gasteiger charge is 2.28. The lowest BCUT2D eigenvalue weighted by molar-refractivity contribution is 0.0658. The minimum atomic E-state index is -0.00886. The Morgan fingerprint density at radius 1 is 1.12 bits per heavy atom. The predicted octanol–water partition coefficient (Wildman–Crippen LogP) is 3.94. The molecule has 1 atom stereocenters. The molecule has 0 saturated heterocycles. The summed E-state index contributed by atoms with van der Waals surface area (Å²) < 4.78 is 10.8. The van der Waals surface area contributed by atoms with Crippen molar-refractivity contribution in [2.75, 3.05) is 14.2 Å². The van der Waals surface area contributed by atoms with E-state index in [9.17, 15) is 4.79 Å². The van der Waals surface area contributed by atoms with Gasteiger partial charge in [0.25, 0.3) is 5.91 Å². The molecule has 0 bridgehead atoms. The number of methoxy groups -OCH3 is 2. The maximum absolute atomic E-state index is 12.9. The van der Waals surface area contributed by atoms with Gasteiger partial charge in [0.2, 0.25) is 0 Å². The molecule has 0 aliphatic carbocycles. The molecule has 0 aromatic heterocycles. The van der Waals surface area contributed by atoms with Crippen LogP contribution in [0, 0.1) is 0 Å². The SMILES string of the molecule is COc1cc2c(cc1OC)CN(C(=O)c1cccc(Cl)c1)C(C)C2. The number of hydrogen-bond acceptors (Lipinski definition) is 3. The third kappa shape index (κ3) is 3.06. The molecule has 5 heteroatoms. The average Bonchev–Trinajstić information content (AvgIpc) is 2.59. The first kappa shape index (κ1) is 16.7. The van der Waals surface area contributed by atoms with E-state index in [2.05, 4.69) is 6.92 Å². The largest absolute Gasteiger partial charge is 0.493 e. The number of carbonyl (C=O) groups excluding carboxylic acids is 1. The number of ether oxygens (including phenoxy) is 2. The van der Waals surface area contributed by atoms with Crippen LogP contribution in [0.25, 0.3) is 0 Å². The van der Waals surface area contributed by atoms with Crippen LogP contribution in [-0.4, -0.2) is 31.1 Å². The van der Waals surface area contributed by atoms with E-state index >= 15 is 0 Å². The van der Waals surface area contributed by atoms with Crippen molar-refractivity contribution in [2.45, 2.75) is 25.9 Å². The van der Waals surface area contributed by atoms with Crippen LogP contribution in [0.1, 0.15) is 28.4 Å². The summed E-state index contributed by atoms with van der Waals surface area (Å²) in [6.07, 6.45) is 0.780. The smallest absolute Gasteiger partial charge is 0.254 e. The van der Waals surface area contributed by atoms with E-state index in [0.29, 0.717) is 22.9 Å². The zero-order chi connectivity index (χ0) is 17.3. The molecule has 1 heterocycles. The van der Waals surface area contributed by atoms with Gasteiger partial charge in [0.15, 0.2) is 11.5 Å². The maximum atomic E-state index is 12.9. The zero-order valence-corrected chi connectivity index (χ0v) is 14.8. The normalized spacial score (nSPS) is 16.5. The summed E-state index contributed by atoms with van der Waals surface area (Å²) in [6, 6.07) is 11.1. The Hall–Kier alpha value is -2.20. The highest BCUT2D eigenvalue weighted by Crippen LogP contribution is 2.35. The number of nitrogens with zero attached hydrogens (tertiary/aromatic N) is 1. The van der Waals surface area contributed by atoms with Crippen molar-refractivity contribution in [2.24, 2.45) is 0 Å². The van der Waals surface area contributed by atoms with Crippen LogP contribution >= 0.6 is 11.6 Å². The van der Waals surface area contributed by atoms with Crippen molar-refractivity contribution in [3.63, 3.8) is 0 Å². The van der Waals surface area contributed by atoms with Gasteiger partial charge >= 0.3 is 0 Å². The predicted molar refractivity (Wildman–Crippen MR) is 94.0 cm³/mol. The zero-order valence-electron chi connectivity index (χ0n) is 14.0. The van der Waals surface area contributed by atoms with Crippen molar-refractivity contribution in [3.8, 4) is 11.5 Å². The third-order valence-corrected chi connectivity index (χ3v) is 4.66. The Labute approximate surface area is 146 Å². The molecule has 126 valence electrons. The molecular weight excluding hydrogens is 326 g/mol. The molecule has 1 aliphatic rings. The molecule has 1 aliphatic heterocycles. The highest BCUT2D eigenvalue weighted by atomic mass is 35.5. The van der Waals surface area contributed by atoms with Gasteiger partial charge in [-0.25, -0.2) is 0 Å². The molecule has 2 aromatic carbocycles. The summed E-state index contributed by atoms with van der Waals surface area (Å²) in [6.45, 7) is 2.60. The highest BCUT2D eigenvalue weighted by molar-refractivity contribution is 6.30. The Balaban J connectivity index is 1.92. The van der Waals surface area contributed by atoms with Gasteiger partial charge in [0.05, 0.1) is 14.2 Å². The molecule has 1 unspecified atom stereocenters. The number of rotatable bonds is 3. The quantitative estimate of drug-likeness (QED) is 0.845. The second kappa shape index (κ2) is 6.73. The van der Waals surface area contributed by atoms with E-state index in [-0.39, 0.29) is 11.9 Å². The Morgan fingerprint density at radius 2 is 1.79 bits per heavy atom. The number of amides is 1. The van der Waals surface area contributed by atoms with Crippen molar-refractivity contribution < 1.29 is 14.3 Å². The molecular formula is C19H20ClNO3. The van der Waals surface area contributed by atoms with Gasteiger partial charge in [-0.3, -0.25) is 4.79 Å². The molecule has 0 saturated carbocycles. The summed E-state index contributed by atoms with van der Waals surface area (Å²) in [5, 5.41) is 0.567. The van der Waals surface area contributed by atoms with Crippen molar-refractivity contribution in [1.82, 2.24) is 4.90 Å². The Bertz CT molecular complexity index is 775. The topological polar surface area (TPSA) is 38.8 Å². The lowest BCUT2D eigenvalue weighted by atomic mass is 9.93. The first-order chi connectivity index (χ1) is 11.5. The van der Waals surface area contributed by atoms with Gasteiger partial charge in [0, 0.05) is 23.2 Å². The average molecular weight is 346 g/mol. The first-order valence-corrected chi connectivity index (χ1v) is 8.21. The van der Waals surface area contributed by atoms with Gasteiger partial charge in [0.1, 0.15) is 0 Å². The summed E-state index contributed by atoms with van der Waals surface area (Å²) in [5.41, 5.74) is 2.88. The third-order valence-electron chi connectivity index (χ3n) is 4.43.